The van der Waals surface area contributed by atoms with Crippen LogP contribution in [0.5, 0.6) is 11.5 Å². The molecule has 1 aromatic rings. The van der Waals surface area contributed by atoms with Crippen LogP contribution in [0, 0.1) is 0 Å². The van der Waals surface area contributed by atoms with Crippen molar-refractivity contribution in [1.82, 2.24) is 10.2 Å². The van der Waals surface area contributed by atoms with Gasteiger partial charge < -0.3 is 30.5 Å². The van der Waals surface area contributed by atoms with Crippen molar-refractivity contribution in [2.75, 3.05) is 38.4 Å². The molecule has 0 radical (unpaired) electrons. The van der Waals surface area contributed by atoms with Gasteiger partial charge in [0.1, 0.15) is 11.5 Å². The molecule has 4 N–H and O–H groups in total. The van der Waals surface area contributed by atoms with Crippen LogP contribution in [0.25, 0.3) is 0 Å². The zero-order chi connectivity index (χ0) is 21.7. The molecule has 2 aliphatic rings. The highest BCUT2D eigenvalue weighted by atomic mass is 32.2. The van der Waals surface area contributed by atoms with Gasteiger partial charge >= 0.3 is 0 Å². The average molecular weight is 438 g/mol. The number of primary amides is 1. The van der Waals surface area contributed by atoms with E-state index >= 15 is 0 Å². The lowest BCUT2D eigenvalue weighted by Gasteiger charge is -2.41. The summed E-state index contributed by atoms with van der Waals surface area (Å²) < 4.78 is 10.8. The monoisotopic (exact) mass is 437 g/mol. The first kappa shape index (κ1) is 22.2. The second kappa shape index (κ2) is 9.57. The van der Waals surface area contributed by atoms with E-state index in [0.717, 1.165) is 11.8 Å². The standard InChI is InChI=1S/C20H27N3O6S/c1-28-16-3-2-14(24)8-15(16)19(27)23-10-13(9-20(23)4-6-29-7-5-20)22-18(26)12-30-11-17(21)25/h2-3,8,13,24H,4-7,9-12H2,1H3,(H2,21,25)(H,22,26). The zero-order valence-electron chi connectivity index (χ0n) is 16.9. The highest BCUT2D eigenvalue weighted by molar-refractivity contribution is 8.00. The molecular weight excluding hydrogens is 410 g/mol. The number of phenols is 1. The maximum atomic E-state index is 13.5. The number of carbonyl (C=O) groups is 3. The van der Waals surface area contributed by atoms with Crippen molar-refractivity contribution >= 4 is 29.5 Å². The Bertz CT molecular complexity index is 812. The number of benzene rings is 1. The molecule has 0 aromatic heterocycles. The number of hydrogen-bond donors (Lipinski definition) is 3. The molecule has 30 heavy (non-hydrogen) atoms. The highest BCUT2D eigenvalue weighted by Crippen LogP contribution is 2.40. The number of carbonyl (C=O) groups excluding carboxylic acids is 3. The van der Waals surface area contributed by atoms with E-state index in [1.54, 1.807) is 11.0 Å². The van der Waals surface area contributed by atoms with Gasteiger partial charge in [0.15, 0.2) is 0 Å². The molecule has 1 atom stereocenters. The van der Waals surface area contributed by atoms with Gasteiger partial charge in [-0.15, -0.1) is 11.8 Å². The molecule has 0 aliphatic carbocycles. The number of nitrogens with two attached hydrogens (primary N) is 1. The minimum atomic E-state index is -0.466. The first-order chi connectivity index (χ1) is 14.3. The molecule has 3 amide bonds. The first-order valence-corrected chi connectivity index (χ1v) is 10.9. The Morgan fingerprint density at radius 3 is 2.73 bits per heavy atom. The molecule has 1 spiro atoms. The number of nitrogens with one attached hydrogen (secondary N) is 1. The molecule has 0 saturated carbocycles. The molecule has 10 heteroatoms. The number of amides is 3. The molecule has 2 aliphatic heterocycles. The number of phenolic OH excluding ortho intramolecular Hbond substituents is 1. The third-order valence-corrected chi connectivity index (χ3v) is 6.48. The second-order valence-electron chi connectivity index (χ2n) is 7.56. The van der Waals surface area contributed by atoms with Crippen LogP contribution in [-0.2, 0) is 14.3 Å². The number of thioether (sulfide) groups is 1. The summed E-state index contributed by atoms with van der Waals surface area (Å²) in [6.45, 7) is 1.43. The van der Waals surface area contributed by atoms with E-state index in [-0.39, 0.29) is 40.7 Å². The normalized spacial score (nSPS) is 20.2. The summed E-state index contributed by atoms with van der Waals surface area (Å²) in [6.07, 6.45) is 1.96. The molecule has 2 saturated heterocycles. The third kappa shape index (κ3) is 4.99. The molecular formula is C20H27N3O6S. The molecule has 1 unspecified atom stereocenters. The van der Waals surface area contributed by atoms with Crippen LogP contribution in [0.15, 0.2) is 18.2 Å². The van der Waals surface area contributed by atoms with E-state index in [1.165, 1.54) is 19.2 Å². The van der Waals surface area contributed by atoms with Crippen molar-refractivity contribution in [3.05, 3.63) is 23.8 Å². The lowest BCUT2D eigenvalue weighted by molar-refractivity contribution is -0.119. The van der Waals surface area contributed by atoms with Crippen molar-refractivity contribution < 1.29 is 29.0 Å². The smallest absolute Gasteiger partial charge is 0.258 e. The van der Waals surface area contributed by atoms with Crippen molar-refractivity contribution in [1.29, 1.82) is 0 Å². The van der Waals surface area contributed by atoms with E-state index in [0.29, 0.717) is 44.8 Å². The number of hydrogen-bond acceptors (Lipinski definition) is 7. The molecule has 3 rings (SSSR count). The highest BCUT2D eigenvalue weighted by Gasteiger charge is 2.49. The number of nitrogens with zero attached hydrogens (tertiary/aromatic N) is 1. The van der Waals surface area contributed by atoms with Crippen molar-refractivity contribution in [3.8, 4) is 11.5 Å². The van der Waals surface area contributed by atoms with E-state index in [1.807, 2.05) is 0 Å². The predicted molar refractivity (Wildman–Crippen MR) is 112 cm³/mol. The SMILES string of the molecule is COc1ccc(O)cc1C(=O)N1CC(NC(=O)CSCC(N)=O)CC12CCOCC2. The topological polar surface area (TPSA) is 131 Å². The number of likely N-dealkylation sites (tertiary alicyclic amines) is 1. The maximum absolute atomic E-state index is 13.5. The van der Waals surface area contributed by atoms with Crippen LogP contribution in [0.4, 0.5) is 0 Å². The Morgan fingerprint density at radius 1 is 1.33 bits per heavy atom. The molecule has 2 fully saturated rings. The summed E-state index contributed by atoms with van der Waals surface area (Å²) in [4.78, 5) is 38.4. The Kier molecular flexibility index (Phi) is 7.09. The fourth-order valence-corrected chi connectivity index (χ4v) is 4.76. The van der Waals surface area contributed by atoms with Crippen LogP contribution in [0.3, 0.4) is 0 Å². The van der Waals surface area contributed by atoms with Crippen LogP contribution in [0.2, 0.25) is 0 Å². The van der Waals surface area contributed by atoms with Gasteiger partial charge in [-0.3, -0.25) is 14.4 Å². The summed E-state index contributed by atoms with van der Waals surface area (Å²) >= 11 is 1.16. The Balaban J connectivity index is 1.77. The second-order valence-corrected chi connectivity index (χ2v) is 8.55. The van der Waals surface area contributed by atoms with Gasteiger partial charge in [-0.05, 0) is 37.5 Å². The van der Waals surface area contributed by atoms with Gasteiger partial charge in [0.05, 0.1) is 24.2 Å². The molecule has 2 heterocycles. The summed E-state index contributed by atoms with van der Waals surface area (Å²) in [5, 5.41) is 12.9. The molecule has 0 bridgehead atoms. The number of ether oxygens (including phenoxy) is 2. The number of aromatic hydroxyl groups is 1. The first-order valence-electron chi connectivity index (χ1n) is 9.77. The summed E-state index contributed by atoms with van der Waals surface area (Å²) in [5.74, 6) is -0.328. The third-order valence-electron chi connectivity index (χ3n) is 5.53. The minimum Gasteiger partial charge on any atom is -0.508 e. The van der Waals surface area contributed by atoms with E-state index in [9.17, 15) is 19.5 Å². The quantitative estimate of drug-likeness (QED) is 0.566. The maximum Gasteiger partial charge on any atom is 0.258 e. The van der Waals surface area contributed by atoms with Crippen LogP contribution in [0.1, 0.15) is 29.6 Å². The Hall–Kier alpha value is -2.46. The van der Waals surface area contributed by atoms with Gasteiger partial charge in [-0.2, -0.15) is 0 Å². The fourth-order valence-electron chi connectivity index (χ4n) is 4.19. The molecule has 164 valence electrons. The van der Waals surface area contributed by atoms with E-state index in [2.05, 4.69) is 5.32 Å². The predicted octanol–water partition coefficient (Wildman–Crippen LogP) is 0.499. The zero-order valence-corrected chi connectivity index (χ0v) is 17.7. The van der Waals surface area contributed by atoms with Crippen molar-refractivity contribution in [2.45, 2.75) is 30.8 Å². The lowest BCUT2D eigenvalue weighted by atomic mass is 9.86. The Morgan fingerprint density at radius 2 is 2.07 bits per heavy atom. The van der Waals surface area contributed by atoms with Gasteiger partial charge in [0.2, 0.25) is 11.8 Å². The van der Waals surface area contributed by atoms with Crippen LogP contribution >= 0.6 is 11.8 Å². The van der Waals surface area contributed by atoms with E-state index in [4.69, 9.17) is 15.2 Å². The fraction of sp³-hybridized carbons (Fsp3) is 0.550. The van der Waals surface area contributed by atoms with Crippen LogP contribution < -0.4 is 15.8 Å². The van der Waals surface area contributed by atoms with E-state index < -0.39 is 11.4 Å². The van der Waals surface area contributed by atoms with Crippen molar-refractivity contribution in [3.63, 3.8) is 0 Å². The summed E-state index contributed by atoms with van der Waals surface area (Å²) in [7, 11) is 1.48. The lowest BCUT2D eigenvalue weighted by Crippen LogP contribution is -2.50. The minimum absolute atomic E-state index is 0.0179. The molecule has 1 aromatic carbocycles. The van der Waals surface area contributed by atoms with Gasteiger partial charge in [0.25, 0.3) is 5.91 Å². The van der Waals surface area contributed by atoms with Gasteiger partial charge in [0, 0.05) is 31.3 Å². The van der Waals surface area contributed by atoms with Gasteiger partial charge in [-0.1, -0.05) is 0 Å². The Labute approximate surface area is 179 Å². The largest absolute Gasteiger partial charge is 0.508 e. The van der Waals surface area contributed by atoms with Crippen LogP contribution in [-0.4, -0.2) is 77.7 Å². The summed E-state index contributed by atoms with van der Waals surface area (Å²) in [6, 6.07) is 4.22. The number of methoxy groups -OCH3 is 1. The average Bonchev–Trinajstić information content (AvgIpc) is 3.04. The summed E-state index contributed by atoms with van der Waals surface area (Å²) in [5.41, 5.74) is 4.96. The van der Waals surface area contributed by atoms with Crippen molar-refractivity contribution in [2.24, 2.45) is 5.73 Å². The molecule has 9 nitrogen and oxygen atoms in total. The number of rotatable bonds is 7. The van der Waals surface area contributed by atoms with Gasteiger partial charge in [-0.25, -0.2) is 0 Å².